The number of anilines is 1. The molecule has 2 heterocycles. The van der Waals surface area contributed by atoms with Crippen LogP contribution in [0.3, 0.4) is 0 Å². The number of hydrogen-bond donors (Lipinski definition) is 2. The van der Waals surface area contributed by atoms with E-state index < -0.39 is 11.5 Å². The van der Waals surface area contributed by atoms with Crippen molar-refractivity contribution in [3.05, 3.63) is 21.7 Å². The highest BCUT2D eigenvalue weighted by Crippen LogP contribution is 2.12. The molecule has 0 saturated heterocycles. The molecule has 20 heavy (non-hydrogen) atoms. The van der Waals surface area contributed by atoms with Gasteiger partial charge in [-0.3, -0.25) is 4.79 Å². The number of H-pyrrole nitrogens is 1. The molecule has 0 radical (unpaired) electrons. The standard InChI is InChI=1S/C12H15N5O3/c1-4-13-12-14-6(3)7-9(17-12)16-10(18)8(15-7)11(19)20-5-2/h4-5H2,1-3H3,(H2,13,14,16,17,18). The largest absolute Gasteiger partial charge is 0.461 e. The molecule has 106 valence electrons. The van der Waals surface area contributed by atoms with Gasteiger partial charge in [-0.2, -0.15) is 4.98 Å². The van der Waals surface area contributed by atoms with Gasteiger partial charge in [-0.25, -0.2) is 14.8 Å². The Labute approximate surface area is 114 Å². The van der Waals surface area contributed by atoms with Gasteiger partial charge in [0.05, 0.1) is 12.3 Å². The Hall–Kier alpha value is -2.51. The lowest BCUT2D eigenvalue weighted by molar-refractivity contribution is 0.0517. The lowest BCUT2D eigenvalue weighted by Gasteiger charge is -2.06. The van der Waals surface area contributed by atoms with Crippen LogP contribution in [0.15, 0.2) is 4.79 Å². The fourth-order valence-corrected chi connectivity index (χ4v) is 1.69. The normalized spacial score (nSPS) is 10.6. The third-order valence-corrected chi connectivity index (χ3v) is 2.53. The Balaban J connectivity index is 2.59. The monoisotopic (exact) mass is 277 g/mol. The highest BCUT2D eigenvalue weighted by Gasteiger charge is 2.17. The maximum Gasteiger partial charge on any atom is 0.362 e. The van der Waals surface area contributed by atoms with Gasteiger partial charge >= 0.3 is 5.97 Å². The van der Waals surface area contributed by atoms with Gasteiger partial charge in [0.2, 0.25) is 11.6 Å². The average molecular weight is 277 g/mol. The van der Waals surface area contributed by atoms with E-state index in [1.807, 2.05) is 6.92 Å². The van der Waals surface area contributed by atoms with Crippen LogP contribution in [0.1, 0.15) is 30.0 Å². The molecule has 0 aliphatic rings. The SMILES string of the molecule is CCNc1nc(C)c2nc(C(=O)OCC)c(=O)[nH]c2n1. The van der Waals surface area contributed by atoms with Crippen molar-refractivity contribution in [3.63, 3.8) is 0 Å². The number of nitrogens with one attached hydrogen (secondary N) is 2. The average Bonchev–Trinajstić information content (AvgIpc) is 2.38. The van der Waals surface area contributed by atoms with E-state index in [2.05, 4.69) is 25.3 Å². The molecule has 0 aromatic carbocycles. The number of fused-ring (bicyclic) bond motifs is 1. The predicted octanol–water partition coefficient (Wildman–Crippen LogP) is 0.630. The van der Waals surface area contributed by atoms with Gasteiger partial charge < -0.3 is 15.0 Å². The molecule has 0 saturated carbocycles. The van der Waals surface area contributed by atoms with Crippen LogP contribution >= 0.6 is 0 Å². The minimum atomic E-state index is -0.759. The first-order valence-electron chi connectivity index (χ1n) is 6.26. The molecule has 0 unspecified atom stereocenters. The molecule has 8 heteroatoms. The summed E-state index contributed by atoms with van der Waals surface area (Å²) in [6.07, 6.45) is 0. The van der Waals surface area contributed by atoms with Crippen molar-refractivity contribution in [3.8, 4) is 0 Å². The third kappa shape index (κ3) is 2.58. The van der Waals surface area contributed by atoms with Crippen molar-refractivity contribution in [1.82, 2.24) is 19.9 Å². The summed E-state index contributed by atoms with van der Waals surface area (Å²) in [6, 6.07) is 0. The smallest absolute Gasteiger partial charge is 0.362 e. The summed E-state index contributed by atoms with van der Waals surface area (Å²) in [5.74, 6) is -0.357. The van der Waals surface area contributed by atoms with E-state index in [0.29, 0.717) is 23.7 Å². The van der Waals surface area contributed by atoms with Crippen LogP contribution in [0.2, 0.25) is 0 Å². The second-order valence-corrected chi connectivity index (χ2v) is 4.00. The molecule has 0 atom stereocenters. The topological polar surface area (TPSA) is 110 Å². The lowest BCUT2D eigenvalue weighted by Crippen LogP contribution is -2.23. The van der Waals surface area contributed by atoms with Crippen molar-refractivity contribution in [2.45, 2.75) is 20.8 Å². The Morgan fingerprint density at radius 1 is 1.30 bits per heavy atom. The molecule has 0 aliphatic carbocycles. The number of carbonyl (C=O) groups excluding carboxylic acids is 1. The predicted molar refractivity (Wildman–Crippen MR) is 72.8 cm³/mol. The van der Waals surface area contributed by atoms with Gasteiger partial charge in [0.1, 0.15) is 5.52 Å². The first-order valence-corrected chi connectivity index (χ1v) is 6.26. The summed E-state index contributed by atoms with van der Waals surface area (Å²) in [5, 5.41) is 2.95. The molecule has 0 aliphatic heterocycles. The highest BCUT2D eigenvalue weighted by molar-refractivity contribution is 5.89. The molecular weight excluding hydrogens is 262 g/mol. The van der Waals surface area contributed by atoms with Gasteiger partial charge in [0, 0.05) is 6.54 Å². The third-order valence-electron chi connectivity index (χ3n) is 2.53. The van der Waals surface area contributed by atoms with E-state index in [0.717, 1.165) is 0 Å². The van der Waals surface area contributed by atoms with Crippen LogP contribution in [0, 0.1) is 6.92 Å². The summed E-state index contributed by atoms with van der Waals surface area (Å²) < 4.78 is 4.79. The Kier molecular flexibility index (Phi) is 3.92. The molecule has 2 N–H and O–H groups in total. The maximum atomic E-state index is 11.8. The van der Waals surface area contributed by atoms with Crippen LogP contribution < -0.4 is 10.9 Å². The Bertz CT molecular complexity index is 710. The van der Waals surface area contributed by atoms with Crippen molar-refractivity contribution < 1.29 is 9.53 Å². The number of esters is 1. The first kappa shape index (κ1) is 13.9. The Morgan fingerprint density at radius 3 is 2.70 bits per heavy atom. The van der Waals surface area contributed by atoms with Gasteiger partial charge in [-0.15, -0.1) is 0 Å². The molecular formula is C12H15N5O3. The number of aryl methyl sites for hydroxylation is 1. The molecule has 0 amide bonds. The van der Waals surface area contributed by atoms with Gasteiger partial charge in [-0.1, -0.05) is 0 Å². The summed E-state index contributed by atoms with van der Waals surface area (Å²) in [5.41, 5.74) is 0.298. The summed E-state index contributed by atoms with van der Waals surface area (Å²) in [6.45, 7) is 6.12. The number of aromatic nitrogens is 4. The molecule has 8 nitrogen and oxygen atoms in total. The molecule has 2 aromatic heterocycles. The zero-order valence-electron chi connectivity index (χ0n) is 11.5. The van der Waals surface area contributed by atoms with E-state index in [9.17, 15) is 9.59 Å². The molecule has 0 fully saturated rings. The zero-order chi connectivity index (χ0) is 14.7. The van der Waals surface area contributed by atoms with Gasteiger partial charge in [-0.05, 0) is 20.8 Å². The molecule has 0 bridgehead atoms. The molecule has 0 spiro atoms. The highest BCUT2D eigenvalue weighted by atomic mass is 16.5. The number of carbonyl (C=O) groups is 1. The minimum absolute atomic E-state index is 0.173. The summed E-state index contributed by atoms with van der Waals surface area (Å²) >= 11 is 0. The van der Waals surface area contributed by atoms with E-state index in [1.165, 1.54) is 0 Å². The first-order chi connectivity index (χ1) is 9.56. The van der Waals surface area contributed by atoms with Crippen LogP contribution in [-0.2, 0) is 4.74 Å². The quantitative estimate of drug-likeness (QED) is 0.788. The number of ether oxygens (including phenoxy) is 1. The fourth-order valence-electron chi connectivity index (χ4n) is 1.69. The van der Waals surface area contributed by atoms with Crippen molar-refractivity contribution in [1.29, 1.82) is 0 Å². The fraction of sp³-hybridized carbons (Fsp3) is 0.417. The lowest BCUT2D eigenvalue weighted by atomic mass is 10.3. The molecule has 2 rings (SSSR count). The van der Waals surface area contributed by atoms with Gasteiger partial charge in [0.15, 0.2) is 5.65 Å². The molecule has 2 aromatic rings. The van der Waals surface area contributed by atoms with Crippen LogP contribution in [0.25, 0.3) is 11.2 Å². The summed E-state index contributed by atoms with van der Waals surface area (Å²) in [7, 11) is 0. The van der Waals surface area contributed by atoms with Crippen LogP contribution in [-0.4, -0.2) is 39.1 Å². The summed E-state index contributed by atoms with van der Waals surface area (Å²) in [4.78, 5) is 38.4. The zero-order valence-corrected chi connectivity index (χ0v) is 11.5. The number of hydrogen-bond acceptors (Lipinski definition) is 7. The number of aromatic amines is 1. The van der Waals surface area contributed by atoms with Gasteiger partial charge in [0.25, 0.3) is 5.56 Å². The van der Waals surface area contributed by atoms with Crippen molar-refractivity contribution in [2.24, 2.45) is 0 Å². The number of nitrogens with zero attached hydrogens (tertiary/aromatic N) is 3. The maximum absolute atomic E-state index is 11.8. The van der Waals surface area contributed by atoms with Crippen LogP contribution in [0.5, 0.6) is 0 Å². The van der Waals surface area contributed by atoms with Crippen molar-refractivity contribution >= 4 is 23.1 Å². The second-order valence-electron chi connectivity index (χ2n) is 4.00. The second kappa shape index (κ2) is 5.64. The van der Waals surface area contributed by atoms with E-state index in [-0.39, 0.29) is 17.9 Å². The Morgan fingerprint density at radius 2 is 2.05 bits per heavy atom. The van der Waals surface area contributed by atoms with E-state index in [1.54, 1.807) is 13.8 Å². The minimum Gasteiger partial charge on any atom is -0.461 e. The van der Waals surface area contributed by atoms with Crippen LogP contribution in [0.4, 0.5) is 5.95 Å². The van der Waals surface area contributed by atoms with E-state index in [4.69, 9.17) is 4.74 Å². The van der Waals surface area contributed by atoms with E-state index >= 15 is 0 Å². The number of rotatable bonds is 4. The van der Waals surface area contributed by atoms with Crippen molar-refractivity contribution in [2.75, 3.05) is 18.5 Å².